The normalized spacial score (nSPS) is 18.9. The van der Waals surface area contributed by atoms with Gasteiger partial charge in [-0.2, -0.15) is 13.2 Å². The van der Waals surface area contributed by atoms with Crippen LogP contribution in [0.25, 0.3) is 0 Å². The van der Waals surface area contributed by atoms with Gasteiger partial charge in [-0.1, -0.05) is 6.07 Å². The molecule has 1 aromatic carbocycles. The molecular weight excluding hydrogens is 297 g/mol. The minimum absolute atomic E-state index is 0.0548. The molecule has 7 heteroatoms. The van der Waals surface area contributed by atoms with Crippen molar-refractivity contribution in [3.63, 3.8) is 0 Å². The Morgan fingerprint density at radius 3 is 2.68 bits per heavy atom. The molecule has 4 nitrogen and oxygen atoms in total. The number of alkyl halides is 3. The molecule has 1 aromatic rings. The molecule has 0 aliphatic carbocycles. The minimum Gasteiger partial charge on any atom is -0.338 e. The monoisotopic (exact) mass is 314 g/mol. The second-order valence-corrected chi connectivity index (χ2v) is 5.39. The number of nitrogens with zero attached hydrogens (tertiary/aromatic N) is 1. The van der Waals surface area contributed by atoms with Gasteiger partial charge in [0.1, 0.15) is 0 Å². The van der Waals surface area contributed by atoms with Gasteiger partial charge in [0.05, 0.1) is 5.92 Å². The predicted octanol–water partition coefficient (Wildman–Crippen LogP) is 3.06. The van der Waals surface area contributed by atoms with Crippen LogP contribution in [0.3, 0.4) is 0 Å². The van der Waals surface area contributed by atoms with Crippen LogP contribution in [0, 0.1) is 5.92 Å². The van der Waals surface area contributed by atoms with E-state index in [0.29, 0.717) is 18.7 Å². The number of hydrogen-bond donors (Lipinski definition) is 1. The summed E-state index contributed by atoms with van der Waals surface area (Å²) in [5.41, 5.74) is 0.719. The largest absolute Gasteiger partial charge is 0.393 e. The number of halogens is 3. The Morgan fingerprint density at radius 2 is 2.05 bits per heavy atom. The van der Waals surface area contributed by atoms with E-state index in [1.807, 2.05) is 0 Å². The summed E-state index contributed by atoms with van der Waals surface area (Å²) < 4.78 is 38.4. The molecule has 1 atom stereocenters. The molecule has 1 aliphatic heterocycles. The lowest BCUT2D eigenvalue weighted by Gasteiger charge is -2.33. The molecule has 1 heterocycles. The highest BCUT2D eigenvalue weighted by Crippen LogP contribution is 2.33. The summed E-state index contributed by atoms with van der Waals surface area (Å²) >= 11 is 0. The lowest BCUT2D eigenvalue weighted by atomic mass is 9.97. The van der Waals surface area contributed by atoms with Crippen LogP contribution in [0.5, 0.6) is 0 Å². The lowest BCUT2D eigenvalue weighted by molar-refractivity contribution is -0.184. The van der Waals surface area contributed by atoms with Gasteiger partial charge in [-0.15, -0.1) is 0 Å². The fourth-order valence-corrected chi connectivity index (χ4v) is 2.54. The van der Waals surface area contributed by atoms with E-state index in [1.54, 1.807) is 12.1 Å². The molecule has 1 saturated heterocycles. The van der Waals surface area contributed by atoms with Gasteiger partial charge in [0.2, 0.25) is 5.91 Å². The van der Waals surface area contributed by atoms with Gasteiger partial charge in [0.15, 0.2) is 0 Å². The summed E-state index contributed by atoms with van der Waals surface area (Å²) in [6, 6.07) is 6.21. The first kappa shape index (κ1) is 16.3. The van der Waals surface area contributed by atoms with Gasteiger partial charge >= 0.3 is 6.18 Å². The van der Waals surface area contributed by atoms with Crippen LogP contribution in [-0.4, -0.2) is 36.0 Å². The summed E-state index contributed by atoms with van der Waals surface area (Å²) in [6.07, 6.45) is -3.89. The third-order valence-electron chi connectivity index (χ3n) is 3.60. The molecule has 22 heavy (non-hydrogen) atoms. The van der Waals surface area contributed by atoms with Crippen molar-refractivity contribution in [3.8, 4) is 0 Å². The number of piperidine rings is 1. The maximum Gasteiger partial charge on any atom is 0.393 e. The van der Waals surface area contributed by atoms with E-state index >= 15 is 0 Å². The molecule has 120 valence electrons. The number of rotatable bonds is 2. The van der Waals surface area contributed by atoms with E-state index in [1.165, 1.54) is 24.0 Å². The molecule has 0 aromatic heterocycles. The van der Waals surface area contributed by atoms with Gasteiger partial charge in [0, 0.05) is 31.3 Å². The zero-order valence-corrected chi connectivity index (χ0v) is 12.1. The smallest absolute Gasteiger partial charge is 0.338 e. The first-order valence-corrected chi connectivity index (χ1v) is 7.01. The van der Waals surface area contributed by atoms with Crippen molar-refractivity contribution >= 4 is 17.5 Å². The third kappa shape index (κ3) is 3.99. The topological polar surface area (TPSA) is 49.4 Å². The Kier molecular flexibility index (Phi) is 4.73. The Labute approximate surface area is 126 Å². The summed E-state index contributed by atoms with van der Waals surface area (Å²) in [5, 5.41) is 2.55. The number of amides is 2. The molecule has 0 saturated carbocycles. The van der Waals surface area contributed by atoms with Crippen molar-refractivity contribution in [1.82, 2.24) is 4.90 Å². The maximum atomic E-state index is 12.8. The molecule has 1 unspecified atom stereocenters. The van der Waals surface area contributed by atoms with Crippen LogP contribution < -0.4 is 5.32 Å². The molecule has 1 fully saturated rings. The van der Waals surface area contributed by atoms with E-state index in [4.69, 9.17) is 0 Å². The van der Waals surface area contributed by atoms with E-state index in [-0.39, 0.29) is 24.4 Å². The fraction of sp³-hybridized carbons (Fsp3) is 0.467. The highest BCUT2D eigenvalue weighted by molar-refractivity contribution is 5.96. The standard InChI is InChI=1S/C15H17F3N2O2/c1-10(21)19-13-6-2-4-11(8-13)14(22)20-7-3-5-12(9-20)15(16,17)18/h2,4,6,8,12H,3,5,7,9H2,1H3,(H,19,21). The quantitative estimate of drug-likeness (QED) is 0.912. The van der Waals surface area contributed by atoms with Crippen molar-refractivity contribution in [3.05, 3.63) is 29.8 Å². The van der Waals surface area contributed by atoms with Crippen molar-refractivity contribution < 1.29 is 22.8 Å². The summed E-state index contributed by atoms with van der Waals surface area (Å²) in [7, 11) is 0. The van der Waals surface area contributed by atoms with Gasteiger partial charge in [-0.05, 0) is 31.0 Å². The highest BCUT2D eigenvalue weighted by Gasteiger charge is 2.42. The van der Waals surface area contributed by atoms with Crippen LogP contribution in [0.2, 0.25) is 0 Å². The number of carbonyl (C=O) groups excluding carboxylic acids is 2. The summed E-state index contributed by atoms with van der Waals surface area (Å²) in [5.74, 6) is -2.19. The number of anilines is 1. The van der Waals surface area contributed by atoms with E-state index < -0.39 is 18.0 Å². The molecule has 0 bridgehead atoms. The van der Waals surface area contributed by atoms with Crippen LogP contribution in [-0.2, 0) is 4.79 Å². The van der Waals surface area contributed by atoms with Gasteiger partial charge < -0.3 is 10.2 Å². The average Bonchev–Trinajstić information content (AvgIpc) is 2.45. The first-order chi connectivity index (χ1) is 10.3. The number of nitrogens with one attached hydrogen (secondary N) is 1. The molecule has 2 amide bonds. The fourth-order valence-electron chi connectivity index (χ4n) is 2.54. The Bertz CT molecular complexity index is 572. The summed E-state index contributed by atoms with van der Waals surface area (Å²) in [4.78, 5) is 24.6. The number of likely N-dealkylation sites (tertiary alicyclic amines) is 1. The Balaban J connectivity index is 2.12. The molecular formula is C15H17F3N2O2. The Hall–Kier alpha value is -2.05. The molecule has 0 radical (unpaired) electrons. The number of carbonyl (C=O) groups is 2. The third-order valence-corrected chi connectivity index (χ3v) is 3.60. The van der Waals surface area contributed by atoms with Crippen LogP contribution in [0.15, 0.2) is 24.3 Å². The van der Waals surface area contributed by atoms with Crippen LogP contribution in [0.4, 0.5) is 18.9 Å². The second kappa shape index (κ2) is 6.37. The molecule has 0 spiro atoms. The van der Waals surface area contributed by atoms with Crippen LogP contribution >= 0.6 is 0 Å². The van der Waals surface area contributed by atoms with Gasteiger partial charge in [0.25, 0.3) is 5.91 Å². The minimum atomic E-state index is -4.28. The van der Waals surface area contributed by atoms with Crippen LogP contribution in [0.1, 0.15) is 30.1 Å². The highest BCUT2D eigenvalue weighted by atomic mass is 19.4. The summed E-state index contributed by atoms with van der Waals surface area (Å²) in [6.45, 7) is 1.34. The zero-order valence-electron chi connectivity index (χ0n) is 12.1. The molecule has 1 aliphatic rings. The van der Waals surface area contributed by atoms with E-state index in [0.717, 1.165) is 0 Å². The lowest BCUT2D eigenvalue weighted by Crippen LogP contribution is -2.44. The van der Waals surface area contributed by atoms with E-state index in [9.17, 15) is 22.8 Å². The predicted molar refractivity (Wildman–Crippen MR) is 75.4 cm³/mol. The average molecular weight is 314 g/mol. The Morgan fingerprint density at radius 1 is 1.32 bits per heavy atom. The molecule has 1 N–H and O–H groups in total. The van der Waals surface area contributed by atoms with Crippen molar-refractivity contribution in [1.29, 1.82) is 0 Å². The van der Waals surface area contributed by atoms with Gasteiger partial charge in [-0.25, -0.2) is 0 Å². The first-order valence-electron chi connectivity index (χ1n) is 7.01. The maximum absolute atomic E-state index is 12.8. The number of benzene rings is 1. The number of hydrogen-bond acceptors (Lipinski definition) is 2. The second-order valence-electron chi connectivity index (χ2n) is 5.39. The molecule has 2 rings (SSSR count). The van der Waals surface area contributed by atoms with Crippen molar-refractivity contribution in [2.24, 2.45) is 5.92 Å². The van der Waals surface area contributed by atoms with Crippen molar-refractivity contribution in [2.45, 2.75) is 25.9 Å². The zero-order chi connectivity index (χ0) is 16.3. The SMILES string of the molecule is CC(=O)Nc1cccc(C(=O)N2CCCC(C(F)(F)F)C2)c1. The van der Waals surface area contributed by atoms with Gasteiger partial charge in [-0.3, -0.25) is 9.59 Å². The van der Waals surface area contributed by atoms with E-state index in [2.05, 4.69) is 5.32 Å². The van der Waals surface area contributed by atoms with Crippen molar-refractivity contribution in [2.75, 3.05) is 18.4 Å².